The van der Waals surface area contributed by atoms with Crippen molar-refractivity contribution in [3.8, 4) is 0 Å². The Balaban J connectivity index is 1.81. The molecule has 28 heavy (non-hydrogen) atoms. The quantitative estimate of drug-likeness (QED) is 0.474. The van der Waals surface area contributed by atoms with Gasteiger partial charge in [0.1, 0.15) is 22.3 Å². The number of nitrogens with zero attached hydrogens (tertiary/aromatic N) is 1. The monoisotopic (exact) mass is 403 g/mol. The van der Waals surface area contributed by atoms with E-state index in [-0.39, 0.29) is 22.4 Å². The van der Waals surface area contributed by atoms with E-state index in [1.54, 1.807) is 31.2 Å². The van der Waals surface area contributed by atoms with E-state index in [2.05, 4.69) is 10.3 Å². The predicted octanol–water partition coefficient (Wildman–Crippen LogP) is 4.15. The van der Waals surface area contributed by atoms with Gasteiger partial charge < -0.3 is 15.8 Å². The Morgan fingerprint density at radius 2 is 1.79 bits per heavy atom. The van der Waals surface area contributed by atoms with Crippen molar-refractivity contribution in [3.05, 3.63) is 70.1 Å². The number of ether oxygens (including phenoxy) is 1. The molecule has 3 aromatic rings. The Morgan fingerprint density at radius 1 is 1.14 bits per heavy atom. The van der Waals surface area contributed by atoms with E-state index < -0.39 is 29.0 Å². The van der Waals surface area contributed by atoms with Crippen LogP contribution in [0.25, 0.3) is 0 Å². The van der Waals surface area contributed by atoms with Gasteiger partial charge in [0.15, 0.2) is 5.13 Å². The van der Waals surface area contributed by atoms with Gasteiger partial charge >= 0.3 is 5.97 Å². The molecule has 0 radical (unpaired) electrons. The van der Waals surface area contributed by atoms with Gasteiger partial charge in [0.2, 0.25) is 5.78 Å². The Bertz CT molecular complexity index is 1020. The average Bonchev–Trinajstić information content (AvgIpc) is 3.02. The molecule has 0 aliphatic rings. The highest BCUT2D eigenvalue weighted by atomic mass is 32.1. The van der Waals surface area contributed by atoms with E-state index in [1.165, 1.54) is 6.07 Å². The number of halogens is 2. The van der Waals surface area contributed by atoms with Crippen LogP contribution < -0.4 is 11.1 Å². The van der Waals surface area contributed by atoms with Crippen LogP contribution in [-0.2, 0) is 4.74 Å². The van der Waals surface area contributed by atoms with Gasteiger partial charge in [-0.15, -0.1) is 0 Å². The lowest BCUT2D eigenvalue weighted by Crippen LogP contribution is -2.07. The Labute approximate surface area is 163 Å². The number of hydrogen-bond acceptors (Lipinski definition) is 7. The first-order chi connectivity index (χ1) is 13.4. The zero-order valence-corrected chi connectivity index (χ0v) is 15.5. The minimum Gasteiger partial charge on any atom is -0.462 e. The van der Waals surface area contributed by atoms with Crippen molar-refractivity contribution in [3.63, 3.8) is 0 Å². The number of anilines is 3. The second-order valence-electron chi connectivity index (χ2n) is 5.58. The lowest BCUT2D eigenvalue weighted by molar-refractivity contribution is 0.0526. The number of nitrogen functional groups attached to an aromatic ring is 1. The summed E-state index contributed by atoms with van der Waals surface area (Å²) in [6.45, 7) is 1.99. The van der Waals surface area contributed by atoms with Crippen LogP contribution in [0.15, 0.2) is 42.5 Å². The van der Waals surface area contributed by atoms with E-state index in [9.17, 15) is 18.4 Å². The van der Waals surface area contributed by atoms with Crippen molar-refractivity contribution in [2.75, 3.05) is 17.7 Å². The molecule has 2 aromatic carbocycles. The van der Waals surface area contributed by atoms with Gasteiger partial charge in [-0.25, -0.2) is 18.6 Å². The lowest BCUT2D eigenvalue weighted by atomic mass is 10.1. The van der Waals surface area contributed by atoms with Crippen molar-refractivity contribution < 1.29 is 23.1 Å². The number of esters is 1. The van der Waals surface area contributed by atoms with Crippen LogP contribution in [0.3, 0.4) is 0 Å². The first-order valence-electron chi connectivity index (χ1n) is 8.20. The number of carbonyl (C=O) groups is 2. The number of rotatable bonds is 6. The van der Waals surface area contributed by atoms with E-state index in [4.69, 9.17) is 10.5 Å². The molecule has 3 rings (SSSR count). The van der Waals surface area contributed by atoms with E-state index >= 15 is 0 Å². The van der Waals surface area contributed by atoms with Crippen LogP contribution in [0, 0.1) is 11.6 Å². The summed E-state index contributed by atoms with van der Waals surface area (Å²) < 4.78 is 32.6. The molecule has 0 atom stereocenters. The predicted molar refractivity (Wildman–Crippen MR) is 102 cm³/mol. The average molecular weight is 403 g/mol. The molecule has 0 bridgehead atoms. The van der Waals surface area contributed by atoms with Gasteiger partial charge in [-0.1, -0.05) is 17.4 Å². The number of hydrogen-bond donors (Lipinski definition) is 2. The molecular weight excluding hydrogens is 388 g/mol. The molecule has 0 fully saturated rings. The van der Waals surface area contributed by atoms with E-state index in [0.29, 0.717) is 11.3 Å². The first-order valence-corrected chi connectivity index (χ1v) is 9.01. The number of aromatic nitrogens is 1. The fourth-order valence-corrected chi connectivity index (χ4v) is 3.26. The Hall–Kier alpha value is -3.33. The Kier molecular flexibility index (Phi) is 5.65. The highest BCUT2D eigenvalue weighted by Crippen LogP contribution is 2.31. The van der Waals surface area contributed by atoms with Crippen LogP contribution in [0.2, 0.25) is 0 Å². The molecule has 3 N–H and O–H groups in total. The first kappa shape index (κ1) is 19.4. The summed E-state index contributed by atoms with van der Waals surface area (Å²) in [5.41, 5.74) is 6.05. The molecule has 0 unspecified atom stereocenters. The molecule has 0 aliphatic carbocycles. The lowest BCUT2D eigenvalue weighted by Gasteiger charge is -2.04. The van der Waals surface area contributed by atoms with Gasteiger partial charge in [-0.05, 0) is 43.3 Å². The summed E-state index contributed by atoms with van der Waals surface area (Å²) in [6, 6.07) is 9.56. The summed E-state index contributed by atoms with van der Waals surface area (Å²) in [6.07, 6.45) is 0. The summed E-state index contributed by atoms with van der Waals surface area (Å²) in [5, 5.41) is 3.20. The van der Waals surface area contributed by atoms with Crippen molar-refractivity contribution in [1.82, 2.24) is 4.98 Å². The number of carbonyl (C=O) groups excluding carboxylic acids is 2. The molecule has 0 saturated carbocycles. The minimum atomic E-state index is -0.970. The molecule has 0 saturated heterocycles. The maximum atomic E-state index is 13.9. The smallest absolute Gasteiger partial charge is 0.338 e. The third-order valence-corrected chi connectivity index (χ3v) is 4.68. The SMILES string of the molecule is CCOC(=O)c1ccc(Nc2nc(N)c(C(=O)c3c(F)cccc3F)s2)cc1. The van der Waals surface area contributed by atoms with Gasteiger partial charge in [-0.2, -0.15) is 0 Å². The molecule has 6 nitrogen and oxygen atoms in total. The zero-order valence-electron chi connectivity index (χ0n) is 14.7. The van der Waals surface area contributed by atoms with Crippen LogP contribution in [0.1, 0.15) is 32.5 Å². The second kappa shape index (κ2) is 8.13. The molecule has 0 amide bonds. The summed E-state index contributed by atoms with van der Waals surface area (Å²) >= 11 is 0.872. The van der Waals surface area contributed by atoms with Gasteiger partial charge in [-0.3, -0.25) is 4.79 Å². The number of benzene rings is 2. The summed E-state index contributed by atoms with van der Waals surface area (Å²) in [7, 11) is 0. The third-order valence-electron chi connectivity index (χ3n) is 3.70. The molecule has 0 aliphatic heterocycles. The number of nitrogens with two attached hydrogens (primary N) is 1. The maximum Gasteiger partial charge on any atom is 0.338 e. The highest BCUT2D eigenvalue weighted by Gasteiger charge is 2.24. The molecule has 144 valence electrons. The van der Waals surface area contributed by atoms with E-state index in [1.807, 2.05) is 0 Å². The third kappa shape index (κ3) is 3.99. The Morgan fingerprint density at radius 3 is 2.39 bits per heavy atom. The second-order valence-corrected chi connectivity index (χ2v) is 6.58. The fourth-order valence-electron chi connectivity index (χ4n) is 2.40. The molecule has 9 heteroatoms. The standard InChI is InChI=1S/C19H15F2N3O3S/c1-2-27-18(26)10-6-8-11(9-7-10)23-19-24-17(22)16(28-19)15(25)14-12(20)4-3-5-13(14)21/h3-9H,2,22H2,1H3,(H,23,24). The topological polar surface area (TPSA) is 94.3 Å². The van der Waals surface area contributed by atoms with Gasteiger partial charge in [0.25, 0.3) is 0 Å². The summed E-state index contributed by atoms with van der Waals surface area (Å²) in [5.74, 6) is -3.39. The van der Waals surface area contributed by atoms with Crippen molar-refractivity contribution >= 4 is 39.7 Å². The van der Waals surface area contributed by atoms with Crippen molar-refractivity contribution in [2.45, 2.75) is 6.92 Å². The van der Waals surface area contributed by atoms with E-state index in [0.717, 1.165) is 23.5 Å². The molecule has 1 heterocycles. The van der Waals surface area contributed by atoms with Gasteiger partial charge in [0, 0.05) is 5.69 Å². The number of ketones is 1. The van der Waals surface area contributed by atoms with Gasteiger partial charge in [0.05, 0.1) is 17.7 Å². The summed E-state index contributed by atoms with van der Waals surface area (Å²) in [4.78, 5) is 28.1. The number of thiazole rings is 1. The molecule has 0 spiro atoms. The highest BCUT2D eigenvalue weighted by molar-refractivity contribution is 7.18. The molecular formula is C19H15F2N3O3S. The van der Waals surface area contributed by atoms with Crippen LogP contribution in [-0.4, -0.2) is 23.3 Å². The van der Waals surface area contributed by atoms with Crippen LogP contribution in [0.4, 0.5) is 25.4 Å². The zero-order chi connectivity index (χ0) is 20.3. The van der Waals surface area contributed by atoms with Crippen molar-refractivity contribution in [2.24, 2.45) is 0 Å². The normalized spacial score (nSPS) is 10.5. The molecule has 1 aromatic heterocycles. The van der Waals surface area contributed by atoms with Crippen LogP contribution >= 0.6 is 11.3 Å². The van der Waals surface area contributed by atoms with Crippen molar-refractivity contribution in [1.29, 1.82) is 0 Å². The number of nitrogens with one attached hydrogen (secondary N) is 1. The fraction of sp³-hybridized carbons (Fsp3) is 0.105. The minimum absolute atomic E-state index is 0.0744. The largest absolute Gasteiger partial charge is 0.462 e. The maximum absolute atomic E-state index is 13.9. The van der Waals surface area contributed by atoms with Crippen LogP contribution in [0.5, 0.6) is 0 Å².